The third-order valence-electron chi connectivity index (χ3n) is 5.97. The number of nitrogens with zero attached hydrogens (tertiary/aromatic N) is 2. The highest BCUT2D eigenvalue weighted by atomic mass is 16.5. The van der Waals surface area contributed by atoms with Gasteiger partial charge in [-0.15, -0.1) is 0 Å². The molecule has 0 saturated carbocycles. The van der Waals surface area contributed by atoms with Crippen LogP contribution in [-0.2, 0) is 24.3 Å². The van der Waals surface area contributed by atoms with Gasteiger partial charge in [0, 0.05) is 35.7 Å². The van der Waals surface area contributed by atoms with Crippen molar-refractivity contribution in [2.24, 2.45) is 0 Å². The second-order valence-electron chi connectivity index (χ2n) is 7.62. The summed E-state index contributed by atoms with van der Waals surface area (Å²) in [4.78, 5) is 2.56. The minimum absolute atomic E-state index is 0.0771. The Morgan fingerprint density at radius 1 is 1.40 bits per heavy atom. The lowest BCUT2D eigenvalue weighted by molar-refractivity contribution is 0.107. The maximum atomic E-state index is 5.63. The van der Waals surface area contributed by atoms with Gasteiger partial charge in [0.1, 0.15) is 5.75 Å². The van der Waals surface area contributed by atoms with E-state index in [0.29, 0.717) is 12.5 Å². The highest BCUT2D eigenvalue weighted by Crippen LogP contribution is 2.43. The number of methoxy groups -OCH3 is 1. The van der Waals surface area contributed by atoms with E-state index in [1.54, 1.807) is 7.11 Å². The molecule has 0 radical (unpaired) electrons. The molecule has 3 heterocycles. The van der Waals surface area contributed by atoms with Crippen LogP contribution in [0.25, 0.3) is 0 Å². The normalized spacial score (nSPS) is 22.8. The minimum Gasteiger partial charge on any atom is -0.497 e. The van der Waals surface area contributed by atoms with Gasteiger partial charge in [-0.2, -0.15) is 5.10 Å². The number of fused-ring (bicyclic) bond motifs is 1. The number of hydrogen-bond donors (Lipinski definition) is 1. The molecule has 1 aromatic heterocycles. The molecule has 2 aromatic rings. The number of nitrogens with one attached hydrogen (secondary N) is 1. The van der Waals surface area contributed by atoms with Crippen molar-refractivity contribution in [2.45, 2.75) is 51.3 Å². The Hall–Kier alpha value is -1.85. The molecule has 0 spiro atoms. The fourth-order valence-electron chi connectivity index (χ4n) is 4.34. The Labute approximate surface area is 149 Å². The monoisotopic (exact) mass is 341 g/mol. The number of rotatable bonds is 4. The van der Waals surface area contributed by atoms with Gasteiger partial charge in [0.2, 0.25) is 0 Å². The summed E-state index contributed by atoms with van der Waals surface area (Å²) in [6.45, 7) is 8.13. The number of likely N-dealkylation sites (tertiary alicyclic amines) is 1. The van der Waals surface area contributed by atoms with Crippen LogP contribution in [0.3, 0.4) is 0 Å². The fraction of sp³-hybridized carbons (Fsp3) is 0.550. The molecule has 0 bridgehead atoms. The van der Waals surface area contributed by atoms with Crippen LogP contribution in [0.15, 0.2) is 24.3 Å². The predicted molar refractivity (Wildman–Crippen MR) is 96.8 cm³/mol. The predicted octanol–water partition coefficient (Wildman–Crippen LogP) is 3.26. The molecule has 5 heteroatoms. The van der Waals surface area contributed by atoms with E-state index in [-0.39, 0.29) is 5.54 Å². The van der Waals surface area contributed by atoms with Crippen molar-refractivity contribution in [3.05, 3.63) is 46.8 Å². The topological polar surface area (TPSA) is 50.4 Å². The van der Waals surface area contributed by atoms with Gasteiger partial charge in [-0.1, -0.05) is 12.1 Å². The minimum atomic E-state index is 0.0771. The first-order valence-corrected chi connectivity index (χ1v) is 9.11. The van der Waals surface area contributed by atoms with Crippen molar-refractivity contribution >= 4 is 0 Å². The maximum Gasteiger partial charge on any atom is 0.119 e. The summed E-state index contributed by atoms with van der Waals surface area (Å²) in [6.07, 6.45) is 2.10. The van der Waals surface area contributed by atoms with Crippen molar-refractivity contribution < 1.29 is 9.47 Å². The first-order chi connectivity index (χ1) is 12.1. The van der Waals surface area contributed by atoms with Crippen molar-refractivity contribution in [1.29, 1.82) is 0 Å². The summed E-state index contributed by atoms with van der Waals surface area (Å²) in [5.41, 5.74) is 5.11. The van der Waals surface area contributed by atoms with E-state index in [9.17, 15) is 0 Å². The first-order valence-electron chi connectivity index (χ1n) is 9.11. The van der Waals surface area contributed by atoms with E-state index < -0.39 is 0 Å². The lowest BCUT2D eigenvalue weighted by Crippen LogP contribution is -2.41. The largest absolute Gasteiger partial charge is 0.497 e. The third-order valence-corrected chi connectivity index (χ3v) is 5.97. The van der Waals surface area contributed by atoms with Gasteiger partial charge in [-0.05, 0) is 44.5 Å². The van der Waals surface area contributed by atoms with Gasteiger partial charge < -0.3 is 9.47 Å². The molecule has 0 aliphatic carbocycles. The number of aromatic nitrogens is 2. The molecule has 2 aliphatic rings. The van der Waals surface area contributed by atoms with Gasteiger partial charge in [0.15, 0.2) is 0 Å². The quantitative estimate of drug-likeness (QED) is 0.927. The SMILES string of the molecule is COc1cccc(C2CCN(Cc3n[nH]c4c3COCC4)C2(C)C)c1. The molecule has 5 nitrogen and oxygen atoms in total. The summed E-state index contributed by atoms with van der Waals surface area (Å²) in [5, 5.41) is 7.80. The van der Waals surface area contributed by atoms with Gasteiger partial charge in [-0.3, -0.25) is 10.00 Å². The van der Waals surface area contributed by atoms with Crippen LogP contribution in [0.4, 0.5) is 0 Å². The highest BCUT2D eigenvalue weighted by Gasteiger charge is 2.42. The van der Waals surface area contributed by atoms with Gasteiger partial charge in [0.25, 0.3) is 0 Å². The third kappa shape index (κ3) is 2.96. The molecular formula is C20H27N3O2. The molecule has 1 fully saturated rings. The van der Waals surface area contributed by atoms with Crippen LogP contribution >= 0.6 is 0 Å². The summed E-state index contributed by atoms with van der Waals surface area (Å²) in [5.74, 6) is 1.43. The lowest BCUT2D eigenvalue weighted by Gasteiger charge is -2.36. The van der Waals surface area contributed by atoms with E-state index in [1.807, 2.05) is 6.07 Å². The van der Waals surface area contributed by atoms with E-state index in [1.165, 1.54) is 16.8 Å². The van der Waals surface area contributed by atoms with Crippen LogP contribution in [0.2, 0.25) is 0 Å². The van der Waals surface area contributed by atoms with Crippen molar-refractivity contribution in [3.8, 4) is 5.75 Å². The zero-order valence-corrected chi connectivity index (χ0v) is 15.3. The first kappa shape index (κ1) is 16.6. The molecule has 1 N–H and O–H groups in total. The van der Waals surface area contributed by atoms with Crippen molar-refractivity contribution in [3.63, 3.8) is 0 Å². The molecule has 1 unspecified atom stereocenters. The van der Waals surface area contributed by atoms with Crippen LogP contribution < -0.4 is 4.74 Å². The summed E-state index contributed by atoms with van der Waals surface area (Å²) < 4.78 is 11.1. The molecule has 1 saturated heterocycles. The van der Waals surface area contributed by atoms with Gasteiger partial charge in [-0.25, -0.2) is 0 Å². The number of aromatic amines is 1. The zero-order chi connectivity index (χ0) is 17.4. The Balaban J connectivity index is 1.55. The lowest BCUT2D eigenvalue weighted by atomic mass is 9.82. The molecule has 134 valence electrons. The average molecular weight is 341 g/mol. The Morgan fingerprint density at radius 2 is 2.28 bits per heavy atom. The van der Waals surface area contributed by atoms with Crippen LogP contribution in [-0.4, -0.2) is 40.9 Å². The smallest absolute Gasteiger partial charge is 0.119 e. The Kier molecular flexibility index (Phi) is 4.29. The Morgan fingerprint density at radius 3 is 3.12 bits per heavy atom. The second-order valence-corrected chi connectivity index (χ2v) is 7.62. The second kappa shape index (κ2) is 6.46. The van der Waals surface area contributed by atoms with Crippen LogP contribution in [0.1, 0.15) is 48.7 Å². The van der Waals surface area contributed by atoms with E-state index in [0.717, 1.165) is 44.0 Å². The van der Waals surface area contributed by atoms with Crippen LogP contribution in [0.5, 0.6) is 5.75 Å². The summed E-state index contributed by atoms with van der Waals surface area (Å²) >= 11 is 0. The maximum absolute atomic E-state index is 5.63. The molecule has 0 amide bonds. The zero-order valence-electron chi connectivity index (χ0n) is 15.3. The van der Waals surface area contributed by atoms with E-state index in [4.69, 9.17) is 9.47 Å². The number of hydrogen-bond acceptors (Lipinski definition) is 4. The molecule has 1 atom stereocenters. The number of ether oxygens (including phenoxy) is 2. The van der Waals surface area contributed by atoms with Crippen molar-refractivity contribution in [1.82, 2.24) is 15.1 Å². The Bertz CT molecular complexity index is 753. The molecule has 1 aromatic carbocycles. The summed E-state index contributed by atoms with van der Waals surface area (Å²) in [7, 11) is 1.73. The average Bonchev–Trinajstić information content (AvgIpc) is 3.16. The van der Waals surface area contributed by atoms with Gasteiger partial charge in [0.05, 0.1) is 26.0 Å². The van der Waals surface area contributed by atoms with Crippen LogP contribution in [0, 0.1) is 0 Å². The highest BCUT2D eigenvalue weighted by molar-refractivity contribution is 5.34. The molecule has 25 heavy (non-hydrogen) atoms. The van der Waals surface area contributed by atoms with E-state index in [2.05, 4.69) is 47.1 Å². The number of benzene rings is 1. The van der Waals surface area contributed by atoms with E-state index >= 15 is 0 Å². The standard InChI is InChI=1S/C20H27N3O2/c1-20(2)17(14-5-4-6-15(11-14)24-3)7-9-23(20)12-19-16-13-25-10-8-18(16)21-22-19/h4-6,11,17H,7-10,12-13H2,1-3H3,(H,21,22). The number of H-pyrrole nitrogens is 1. The van der Waals surface area contributed by atoms with Crippen molar-refractivity contribution in [2.75, 3.05) is 20.3 Å². The van der Waals surface area contributed by atoms with Gasteiger partial charge >= 0.3 is 0 Å². The fourth-order valence-corrected chi connectivity index (χ4v) is 4.34. The molecule has 4 rings (SSSR count). The summed E-state index contributed by atoms with van der Waals surface area (Å²) in [6, 6.07) is 8.51. The molecule has 2 aliphatic heterocycles. The molecular weight excluding hydrogens is 314 g/mol.